The van der Waals surface area contributed by atoms with Crippen LogP contribution in [-0.4, -0.2) is 0 Å². The van der Waals surface area contributed by atoms with Gasteiger partial charge in [0.05, 0.1) is 0 Å². The summed E-state index contributed by atoms with van der Waals surface area (Å²) in [5.74, 6) is 0. The maximum Gasteiger partial charge on any atom is 0.0440 e. The van der Waals surface area contributed by atoms with Crippen LogP contribution in [-0.2, 0) is 0 Å². The van der Waals surface area contributed by atoms with E-state index in [1.807, 2.05) is 22.7 Å². The van der Waals surface area contributed by atoms with Gasteiger partial charge in [0.25, 0.3) is 0 Å². The third-order valence-electron chi connectivity index (χ3n) is 21.6. The fourth-order valence-electron chi connectivity index (χ4n) is 17.1. The zero-order valence-corrected chi connectivity index (χ0v) is 57.1. The van der Waals surface area contributed by atoms with Crippen LogP contribution in [0, 0.1) is 0 Å². The lowest BCUT2D eigenvalue weighted by atomic mass is 9.85. The highest BCUT2D eigenvalue weighted by Crippen LogP contribution is 2.51. The van der Waals surface area contributed by atoms with Crippen molar-refractivity contribution in [1.82, 2.24) is 0 Å². The van der Waals surface area contributed by atoms with Crippen molar-refractivity contribution in [2.75, 3.05) is 0 Å². The van der Waals surface area contributed by atoms with E-state index >= 15 is 0 Å². The first-order valence-corrected chi connectivity index (χ1v) is 36.8. The second-order valence-electron chi connectivity index (χ2n) is 27.1. The molecule has 0 saturated carbocycles. The number of hydrogen-bond donors (Lipinski definition) is 0. The van der Waals surface area contributed by atoms with Crippen LogP contribution in [0.4, 0.5) is 0 Å². The van der Waals surface area contributed by atoms with Gasteiger partial charge in [0.1, 0.15) is 0 Å². The summed E-state index contributed by atoms with van der Waals surface area (Å²) in [5.41, 5.74) is 15.1. The number of thiophene rings is 2. The van der Waals surface area contributed by atoms with E-state index in [1.54, 1.807) is 0 Å². The van der Waals surface area contributed by atoms with E-state index in [0.29, 0.717) is 0 Å². The number of rotatable bonds is 6. The van der Waals surface area contributed by atoms with Crippen molar-refractivity contribution >= 4 is 171 Å². The van der Waals surface area contributed by atoms with Gasteiger partial charge in [0, 0.05) is 51.1 Å². The highest BCUT2D eigenvalue weighted by molar-refractivity contribution is 7.27. The Morgan fingerprint density at radius 3 is 0.931 bits per heavy atom. The molecule has 0 atom stereocenters. The van der Waals surface area contributed by atoms with Crippen molar-refractivity contribution in [2.45, 2.75) is 0 Å². The van der Waals surface area contributed by atoms with E-state index in [1.165, 1.54) is 215 Å². The molecule has 0 N–H and O–H groups in total. The zero-order chi connectivity index (χ0) is 66.9. The van der Waals surface area contributed by atoms with Crippen molar-refractivity contribution < 1.29 is 0 Å². The molecule has 0 aliphatic rings. The van der Waals surface area contributed by atoms with Crippen LogP contribution >= 0.6 is 22.7 Å². The Labute approximate surface area is 597 Å². The average Bonchev–Trinajstić information content (AvgIpc) is 1.03. The summed E-state index contributed by atoms with van der Waals surface area (Å²) in [6.45, 7) is 0. The number of hydrogen-bond acceptors (Lipinski definition) is 2. The molecular formula is C100H60S2. The Morgan fingerprint density at radius 2 is 0.461 bits per heavy atom. The Kier molecular flexibility index (Phi) is 13.5. The summed E-state index contributed by atoms with van der Waals surface area (Å²) in [6, 6.07) is 135. The van der Waals surface area contributed by atoms with Crippen LogP contribution < -0.4 is 0 Å². The molecule has 22 aromatic rings. The Bertz CT molecular complexity index is 7130. The summed E-state index contributed by atoms with van der Waals surface area (Å²) in [5, 5.41) is 31.2. The minimum absolute atomic E-state index is 1.23. The Balaban J connectivity index is 0.000000133. The van der Waals surface area contributed by atoms with E-state index in [9.17, 15) is 0 Å². The highest BCUT2D eigenvalue weighted by Gasteiger charge is 2.23. The second-order valence-corrected chi connectivity index (χ2v) is 29.3. The molecule has 2 heteroatoms. The van der Waals surface area contributed by atoms with Crippen LogP contribution in [0.25, 0.3) is 215 Å². The van der Waals surface area contributed by atoms with Crippen LogP contribution in [0.1, 0.15) is 0 Å². The van der Waals surface area contributed by atoms with Gasteiger partial charge in [0.15, 0.2) is 0 Å². The predicted octanol–water partition coefficient (Wildman–Crippen LogP) is 29.6. The monoisotopic (exact) mass is 1320 g/mol. The van der Waals surface area contributed by atoms with Gasteiger partial charge < -0.3 is 0 Å². The molecule has 2 aromatic heterocycles. The Hall–Kier alpha value is -12.6. The van der Waals surface area contributed by atoms with Crippen LogP contribution in [0.2, 0.25) is 0 Å². The third-order valence-corrected chi connectivity index (χ3v) is 24.0. The minimum Gasteiger partial charge on any atom is -0.135 e. The normalized spacial score (nSPS) is 11.9. The molecule has 2 heterocycles. The van der Waals surface area contributed by atoms with Gasteiger partial charge in [0.2, 0.25) is 0 Å². The SMILES string of the molecule is c1cc(-c2cccc3ccccc23)cc(-c2c3ccccc3c(-c3ccc4sc5c6ccccc6c6ccccc6c5c4c3)c3ccccc23)c1.c1ccc2cc(-c3ccc(-c4c5ccccc5c(-c5ccc6sc7c8ccccc8c8ccccc8c7c6c5)c5ccccc45)cc3)ccc2c1. The molecule has 0 aliphatic carbocycles. The van der Waals surface area contributed by atoms with Crippen molar-refractivity contribution in [1.29, 1.82) is 0 Å². The summed E-state index contributed by atoms with van der Waals surface area (Å²) in [6.07, 6.45) is 0. The average molecular weight is 1330 g/mol. The van der Waals surface area contributed by atoms with Gasteiger partial charge in [-0.15, -0.1) is 22.7 Å². The third kappa shape index (κ3) is 9.20. The lowest BCUT2D eigenvalue weighted by Crippen LogP contribution is -1.91. The smallest absolute Gasteiger partial charge is 0.0440 e. The first kappa shape index (κ1) is 58.4. The summed E-state index contributed by atoms with van der Waals surface area (Å²) < 4.78 is 5.39. The second kappa shape index (κ2) is 23.6. The molecule has 22 rings (SSSR count). The van der Waals surface area contributed by atoms with Crippen molar-refractivity contribution in [3.63, 3.8) is 0 Å². The van der Waals surface area contributed by atoms with Crippen LogP contribution in [0.15, 0.2) is 364 Å². The standard InChI is InChI=1S/2C50H30S/c1-2-17-35-31(13-1)14-12-26-36(35)32-15-11-16-33(29-32)47-40-21-6-8-23-42(40)48(43-24-9-7-22-41(43)47)34-27-28-46-45(30-34)49-39-20-5-3-18-37(39)38-19-4-10-25-44(38)50(49)51-46;1-2-12-34-29-35(26-23-31(34)11-1)32-21-24-33(25-22-32)47-40-16-6-8-18-42(40)48(43-19-9-7-17-41(43)47)36-27-28-46-45(30-36)49-39-15-5-3-13-37(39)38-14-4-10-20-44(38)50(49)51-46/h2*1-30H. The molecule has 0 spiro atoms. The predicted molar refractivity (Wildman–Crippen MR) is 446 cm³/mol. The molecule has 0 saturated heterocycles. The lowest BCUT2D eigenvalue weighted by molar-refractivity contribution is 1.63. The van der Waals surface area contributed by atoms with Gasteiger partial charge >= 0.3 is 0 Å². The van der Waals surface area contributed by atoms with Gasteiger partial charge in [-0.3, -0.25) is 0 Å². The maximum atomic E-state index is 2.46. The molecule has 472 valence electrons. The lowest BCUT2D eigenvalue weighted by Gasteiger charge is -2.18. The molecule has 0 radical (unpaired) electrons. The quantitative estimate of drug-likeness (QED) is 0.115. The first-order valence-electron chi connectivity index (χ1n) is 35.2. The number of benzene rings is 20. The van der Waals surface area contributed by atoms with E-state index < -0.39 is 0 Å². The van der Waals surface area contributed by atoms with Crippen LogP contribution in [0.5, 0.6) is 0 Å². The molecule has 102 heavy (non-hydrogen) atoms. The van der Waals surface area contributed by atoms with Crippen molar-refractivity contribution in [3.8, 4) is 66.8 Å². The Morgan fingerprint density at radius 1 is 0.147 bits per heavy atom. The van der Waals surface area contributed by atoms with Crippen molar-refractivity contribution in [3.05, 3.63) is 364 Å². The fourth-order valence-corrected chi connectivity index (χ4v) is 19.6. The van der Waals surface area contributed by atoms with Crippen molar-refractivity contribution in [2.24, 2.45) is 0 Å². The van der Waals surface area contributed by atoms with E-state index in [4.69, 9.17) is 0 Å². The highest BCUT2D eigenvalue weighted by atomic mass is 32.1. The molecular weight excluding hydrogens is 1270 g/mol. The van der Waals surface area contributed by atoms with Gasteiger partial charge in [-0.05, 0) is 200 Å². The summed E-state index contributed by atoms with van der Waals surface area (Å²) in [4.78, 5) is 0. The summed E-state index contributed by atoms with van der Waals surface area (Å²) >= 11 is 3.83. The molecule has 0 amide bonds. The minimum atomic E-state index is 1.23. The molecule has 0 unspecified atom stereocenters. The molecule has 0 nitrogen and oxygen atoms in total. The fraction of sp³-hybridized carbons (Fsp3) is 0. The topological polar surface area (TPSA) is 0 Å². The van der Waals surface area contributed by atoms with Gasteiger partial charge in [-0.2, -0.15) is 0 Å². The summed E-state index contributed by atoms with van der Waals surface area (Å²) in [7, 11) is 0. The molecule has 20 aromatic carbocycles. The van der Waals surface area contributed by atoms with E-state index in [0.717, 1.165) is 0 Å². The zero-order valence-electron chi connectivity index (χ0n) is 55.5. The van der Waals surface area contributed by atoms with Crippen LogP contribution in [0.3, 0.4) is 0 Å². The molecule has 0 fully saturated rings. The largest absolute Gasteiger partial charge is 0.135 e. The molecule has 0 aliphatic heterocycles. The van der Waals surface area contributed by atoms with Gasteiger partial charge in [-0.25, -0.2) is 0 Å². The maximum absolute atomic E-state index is 2.46. The molecule has 0 bridgehead atoms. The van der Waals surface area contributed by atoms with E-state index in [-0.39, 0.29) is 0 Å². The van der Waals surface area contributed by atoms with E-state index in [2.05, 4.69) is 364 Å². The first-order chi connectivity index (χ1) is 50.6. The van der Waals surface area contributed by atoms with Gasteiger partial charge in [-0.1, -0.05) is 328 Å². The number of fused-ring (bicyclic) bond motifs is 22.